The van der Waals surface area contributed by atoms with E-state index in [1.54, 1.807) is 0 Å². The molecular weight excluding hydrogens is 522 g/mol. The molecule has 2 rings (SSSR count). The number of halogens is 14. The van der Waals surface area contributed by atoms with Gasteiger partial charge < -0.3 is 5.11 Å². The maximum absolute atomic E-state index is 14.5. The van der Waals surface area contributed by atoms with E-state index >= 15 is 0 Å². The molecular formula is C20H12F14O. The van der Waals surface area contributed by atoms with Crippen LogP contribution in [-0.4, -0.2) is 40.9 Å². The Morgan fingerprint density at radius 1 is 0.514 bits per heavy atom. The lowest BCUT2D eigenvalue weighted by atomic mass is 9.79. The smallest absolute Gasteiger partial charge is 0.380 e. The number of alkyl halides is 13. The van der Waals surface area contributed by atoms with Gasteiger partial charge in [0.15, 0.2) is 0 Å². The van der Waals surface area contributed by atoms with E-state index in [1.807, 2.05) is 0 Å². The topological polar surface area (TPSA) is 20.2 Å². The third-order valence-corrected chi connectivity index (χ3v) is 5.05. The van der Waals surface area contributed by atoms with Crippen molar-refractivity contribution in [2.75, 3.05) is 0 Å². The Labute approximate surface area is 187 Å². The second kappa shape index (κ2) is 8.52. The number of benzene rings is 2. The van der Waals surface area contributed by atoms with E-state index in [0.29, 0.717) is 24.3 Å². The molecule has 1 unspecified atom stereocenters. The molecule has 1 N–H and O–H groups in total. The van der Waals surface area contributed by atoms with Crippen molar-refractivity contribution in [3.63, 3.8) is 0 Å². The van der Waals surface area contributed by atoms with Gasteiger partial charge in [-0.15, -0.1) is 0 Å². The molecule has 1 atom stereocenters. The normalized spacial score (nSPS) is 16.2. The molecule has 0 saturated heterocycles. The molecule has 0 heterocycles. The fourth-order valence-corrected chi connectivity index (χ4v) is 3.04. The molecule has 1 nitrogen and oxygen atoms in total. The van der Waals surface area contributed by atoms with Gasteiger partial charge in [-0.05, 0) is 23.3 Å². The van der Waals surface area contributed by atoms with E-state index in [1.165, 1.54) is 6.07 Å². The van der Waals surface area contributed by atoms with Crippen LogP contribution in [0, 0.1) is 5.82 Å². The van der Waals surface area contributed by atoms with Gasteiger partial charge >= 0.3 is 35.8 Å². The lowest BCUT2D eigenvalue weighted by molar-refractivity contribution is -0.441. The summed E-state index contributed by atoms with van der Waals surface area (Å²) >= 11 is 0. The van der Waals surface area contributed by atoms with Crippen molar-refractivity contribution in [2.24, 2.45) is 0 Å². The molecule has 0 amide bonds. The van der Waals surface area contributed by atoms with Crippen molar-refractivity contribution >= 4 is 0 Å². The number of aliphatic hydroxyl groups is 1. The summed E-state index contributed by atoms with van der Waals surface area (Å²) in [6.07, 6.45) is -10.4. The highest BCUT2D eigenvalue weighted by Crippen LogP contribution is 2.61. The van der Waals surface area contributed by atoms with Crippen LogP contribution < -0.4 is 0 Å². The Kier molecular flexibility index (Phi) is 6.98. The highest BCUT2D eigenvalue weighted by Gasteiger charge is 2.90. The van der Waals surface area contributed by atoms with Crippen LogP contribution >= 0.6 is 0 Å². The number of hydrogen-bond acceptors (Lipinski definition) is 1. The minimum Gasteiger partial charge on any atom is -0.380 e. The number of hydrogen-bond donors (Lipinski definition) is 1. The molecule has 2 aromatic rings. The van der Waals surface area contributed by atoms with Gasteiger partial charge in [-0.3, -0.25) is 0 Å². The fourth-order valence-electron chi connectivity index (χ4n) is 3.04. The summed E-state index contributed by atoms with van der Waals surface area (Å²) in [5.74, 6) is -39.0. The molecule has 35 heavy (non-hydrogen) atoms. The highest BCUT2D eigenvalue weighted by molar-refractivity contribution is 5.37. The van der Waals surface area contributed by atoms with Crippen LogP contribution in [0.3, 0.4) is 0 Å². The molecule has 0 aliphatic rings. The third kappa shape index (κ3) is 4.42. The molecule has 0 spiro atoms. The molecule has 15 heteroatoms. The summed E-state index contributed by atoms with van der Waals surface area (Å²) in [6, 6.07) is 7.00. The van der Waals surface area contributed by atoms with Crippen LogP contribution in [0.4, 0.5) is 61.5 Å². The number of rotatable bonds is 8. The van der Waals surface area contributed by atoms with E-state index in [4.69, 9.17) is 0 Å². The maximum atomic E-state index is 14.5. The summed E-state index contributed by atoms with van der Waals surface area (Å²) in [5.41, 5.74) is -5.05. The molecule has 0 saturated carbocycles. The van der Waals surface area contributed by atoms with Crippen molar-refractivity contribution in [3.05, 3.63) is 71.5 Å². The Morgan fingerprint density at radius 2 is 0.914 bits per heavy atom. The predicted octanol–water partition coefficient (Wildman–Crippen LogP) is 7.19. The molecule has 0 aliphatic carbocycles. The van der Waals surface area contributed by atoms with E-state index < -0.39 is 64.8 Å². The zero-order valence-electron chi connectivity index (χ0n) is 16.6. The molecule has 0 aliphatic heterocycles. The van der Waals surface area contributed by atoms with Gasteiger partial charge in [-0.1, -0.05) is 42.5 Å². The van der Waals surface area contributed by atoms with Gasteiger partial charge in [0, 0.05) is 0 Å². The Bertz CT molecular complexity index is 1010. The summed E-state index contributed by atoms with van der Waals surface area (Å²) in [6.45, 7) is 0. The summed E-state index contributed by atoms with van der Waals surface area (Å²) < 4.78 is 188. The first kappa shape index (κ1) is 28.7. The van der Waals surface area contributed by atoms with Crippen molar-refractivity contribution in [2.45, 2.75) is 47.8 Å². The summed E-state index contributed by atoms with van der Waals surface area (Å²) in [7, 11) is 0. The first-order valence-corrected chi connectivity index (χ1v) is 9.06. The second-order valence-corrected chi connectivity index (χ2v) is 7.41. The van der Waals surface area contributed by atoms with Crippen LogP contribution in [0.15, 0.2) is 54.6 Å². The van der Waals surface area contributed by atoms with Gasteiger partial charge in [0.2, 0.25) is 0 Å². The highest BCUT2D eigenvalue weighted by atomic mass is 19.4. The van der Waals surface area contributed by atoms with Gasteiger partial charge in [-0.25, -0.2) is 4.39 Å². The lowest BCUT2D eigenvalue weighted by Crippen LogP contribution is -2.70. The van der Waals surface area contributed by atoms with E-state index in [0.717, 1.165) is 24.3 Å². The van der Waals surface area contributed by atoms with Crippen LogP contribution in [0.5, 0.6) is 0 Å². The molecule has 0 radical (unpaired) electrons. The van der Waals surface area contributed by atoms with Crippen LogP contribution in [-0.2, 0) is 5.60 Å². The van der Waals surface area contributed by atoms with Crippen molar-refractivity contribution in [3.8, 4) is 0 Å². The zero-order chi connectivity index (χ0) is 27.3. The minimum absolute atomic E-state index is 0.520. The van der Waals surface area contributed by atoms with Gasteiger partial charge in [0.1, 0.15) is 11.4 Å². The largest absolute Gasteiger partial charge is 0.460 e. The summed E-state index contributed by atoms with van der Waals surface area (Å²) in [4.78, 5) is 0. The SMILES string of the molecule is OC(CC(F)(F)C(F)(F)C(F)(F)C(F)(F)C(F)(F)C(F)(F)F)(c1ccccc1)c1ccc(F)cc1. The van der Waals surface area contributed by atoms with Crippen molar-refractivity contribution in [1.82, 2.24) is 0 Å². The molecule has 0 aromatic heterocycles. The molecule has 196 valence electrons. The van der Waals surface area contributed by atoms with Gasteiger partial charge in [0.05, 0.1) is 6.42 Å². The quantitative estimate of drug-likeness (QED) is 0.356. The van der Waals surface area contributed by atoms with Crippen LogP contribution in [0.25, 0.3) is 0 Å². The lowest BCUT2D eigenvalue weighted by Gasteiger charge is -2.42. The van der Waals surface area contributed by atoms with Crippen molar-refractivity contribution < 1.29 is 66.6 Å². The van der Waals surface area contributed by atoms with Crippen molar-refractivity contribution in [1.29, 1.82) is 0 Å². The van der Waals surface area contributed by atoms with E-state index in [2.05, 4.69) is 0 Å². The Balaban J connectivity index is 2.65. The first-order valence-electron chi connectivity index (χ1n) is 9.06. The van der Waals surface area contributed by atoms with Gasteiger partial charge in [0.25, 0.3) is 0 Å². The average Bonchev–Trinajstić information content (AvgIpc) is 2.73. The monoisotopic (exact) mass is 534 g/mol. The third-order valence-electron chi connectivity index (χ3n) is 5.05. The van der Waals surface area contributed by atoms with Crippen LogP contribution in [0.2, 0.25) is 0 Å². The molecule has 2 aromatic carbocycles. The first-order chi connectivity index (χ1) is 15.6. The fraction of sp³-hybridized carbons (Fsp3) is 0.400. The predicted molar refractivity (Wildman–Crippen MR) is 91.2 cm³/mol. The maximum Gasteiger partial charge on any atom is 0.460 e. The average molecular weight is 534 g/mol. The second-order valence-electron chi connectivity index (χ2n) is 7.41. The van der Waals surface area contributed by atoms with E-state index in [9.17, 15) is 66.6 Å². The minimum atomic E-state index is -8.05. The standard InChI is InChI=1S/C20H12F14O/c21-13-8-6-12(7-9-13)14(35,11-4-2-1-3-5-11)10-15(22,23)16(24,25)17(26,27)18(28,29)19(30,31)20(32,33)34/h1-9,35H,10H2. The Hall–Kier alpha value is -2.58. The summed E-state index contributed by atoms with van der Waals surface area (Å²) in [5, 5.41) is 10.8. The van der Waals surface area contributed by atoms with Gasteiger partial charge in [-0.2, -0.15) is 57.1 Å². The zero-order valence-corrected chi connectivity index (χ0v) is 16.6. The van der Waals surface area contributed by atoms with Crippen LogP contribution in [0.1, 0.15) is 17.5 Å². The van der Waals surface area contributed by atoms with E-state index in [-0.39, 0.29) is 0 Å². The molecule has 0 bridgehead atoms. The Morgan fingerprint density at radius 3 is 1.34 bits per heavy atom. The molecule has 0 fully saturated rings.